The SMILES string of the molecule is Cc1cccc(CNC(=O)C2CCN(c3ccc(F)cc3C)C2=O)c1. The van der Waals surface area contributed by atoms with Gasteiger partial charge in [-0.2, -0.15) is 0 Å². The van der Waals surface area contributed by atoms with E-state index in [0.29, 0.717) is 30.8 Å². The van der Waals surface area contributed by atoms with Crippen LogP contribution < -0.4 is 10.2 Å². The standard InChI is InChI=1S/C20H21FN2O2/c1-13-4-3-5-15(10-13)12-22-19(24)17-8-9-23(20(17)25)18-7-6-16(21)11-14(18)2/h3-7,10-11,17H,8-9,12H2,1-2H3,(H,22,24). The summed E-state index contributed by atoms with van der Waals surface area (Å²) in [5, 5.41) is 2.85. The van der Waals surface area contributed by atoms with E-state index in [9.17, 15) is 14.0 Å². The summed E-state index contributed by atoms with van der Waals surface area (Å²) < 4.78 is 13.3. The second kappa shape index (κ2) is 7.05. The van der Waals surface area contributed by atoms with Crippen molar-refractivity contribution in [3.8, 4) is 0 Å². The first-order chi connectivity index (χ1) is 12.0. The Morgan fingerprint density at radius 3 is 2.76 bits per heavy atom. The molecular weight excluding hydrogens is 319 g/mol. The van der Waals surface area contributed by atoms with Gasteiger partial charge in [-0.25, -0.2) is 4.39 Å². The molecule has 25 heavy (non-hydrogen) atoms. The molecule has 0 aromatic heterocycles. The van der Waals surface area contributed by atoms with Gasteiger partial charge in [0, 0.05) is 18.8 Å². The number of nitrogens with zero attached hydrogens (tertiary/aromatic N) is 1. The smallest absolute Gasteiger partial charge is 0.239 e. The minimum absolute atomic E-state index is 0.226. The number of benzene rings is 2. The number of amides is 2. The molecule has 0 radical (unpaired) electrons. The monoisotopic (exact) mass is 340 g/mol. The van der Waals surface area contributed by atoms with Crippen LogP contribution in [0.15, 0.2) is 42.5 Å². The van der Waals surface area contributed by atoms with Gasteiger partial charge >= 0.3 is 0 Å². The molecule has 2 aromatic rings. The maximum atomic E-state index is 13.3. The van der Waals surface area contributed by atoms with Gasteiger partial charge in [-0.15, -0.1) is 0 Å². The Balaban J connectivity index is 1.66. The number of aryl methyl sites for hydroxylation is 2. The molecule has 1 atom stereocenters. The Hall–Kier alpha value is -2.69. The fraction of sp³-hybridized carbons (Fsp3) is 0.300. The maximum Gasteiger partial charge on any atom is 0.239 e. The van der Waals surface area contributed by atoms with Crippen molar-refractivity contribution < 1.29 is 14.0 Å². The summed E-state index contributed by atoms with van der Waals surface area (Å²) in [6.07, 6.45) is 0.468. The van der Waals surface area contributed by atoms with Crippen LogP contribution in [-0.4, -0.2) is 18.4 Å². The van der Waals surface area contributed by atoms with Crippen LogP contribution in [0.1, 0.15) is 23.1 Å². The van der Waals surface area contributed by atoms with Crippen molar-refractivity contribution in [3.05, 3.63) is 65.0 Å². The first kappa shape index (κ1) is 17.1. The van der Waals surface area contributed by atoms with Gasteiger partial charge in [-0.05, 0) is 49.6 Å². The lowest BCUT2D eigenvalue weighted by Gasteiger charge is -2.19. The van der Waals surface area contributed by atoms with Gasteiger partial charge in [0.05, 0.1) is 0 Å². The van der Waals surface area contributed by atoms with Crippen LogP contribution >= 0.6 is 0 Å². The normalized spacial score (nSPS) is 17.0. The van der Waals surface area contributed by atoms with Crippen LogP contribution in [0.4, 0.5) is 10.1 Å². The maximum absolute atomic E-state index is 13.3. The Bertz CT molecular complexity index is 819. The molecule has 130 valence electrons. The zero-order valence-corrected chi connectivity index (χ0v) is 14.4. The van der Waals surface area contributed by atoms with Gasteiger partial charge in [0.1, 0.15) is 11.7 Å². The molecule has 2 aromatic carbocycles. The highest BCUT2D eigenvalue weighted by atomic mass is 19.1. The van der Waals surface area contributed by atoms with Gasteiger partial charge in [-0.3, -0.25) is 9.59 Å². The van der Waals surface area contributed by atoms with Crippen LogP contribution in [0, 0.1) is 25.6 Å². The van der Waals surface area contributed by atoms with Crippen molar-refractivity contribution in [2.24, 2.45) is 5.92 Å². The van der Waals surface area contributed by atoms with Gasteiger partial charge in [-0.1, -0.05) is 29.8 Å². The molecule has 4 nitrogen and oxygen atoms in total. The van der Waals surface area contributed by atoms with Crippen molar-refractivity contribution in [1.82, 2.24) is 5.32 Å². The summed E-state index contributed by atoms with van der Waals surface area (Å²) in [5.41, 5.74) is 3.49. The van der Waals surface area contributed by atoms with E-state index in [1.54, 1.807) is 17.9 Å². The molecule has 1 aliphatic rings. The number of halogens is 1. The Labute approximate surface area is 146 Å². The minimum Gasteiger partial charge on any atom is -0.351 e. The van der Waals surface area contributed by atoms with Crippen molar-refractivity contribution in [3.63, 3.8) is 0 Å². The highest BCUT2D eigenvalue weighted by Crippen LogP contribution is 2.28. The van der Waals surface area contributed by atoms with E-state index in [1.807, 2.05) is 31.2 Å². The average molecular weight is 340 g/mol. The van der Waals surface area contributed by atoms with Crippen LogP contribution in [0.2, 0.25) is 0 Å². The second-order valence-corrected chi connectivity index (χ2v) is 6.47. The molecular formula is C20H21FN2O2. The molecule has 1 unspecified atom stereocenters. The first-order valence-electron chi connectivity index (χ1n) is 8.36. The molecule has 0 bridgehead atoms. The molecule has 0 spiro atoms. The van der Waals surface area contributed by atoms with Gasteiger partial charge < -0.3 is 10.2 Å². The topological polar surface area (TPSA) is 49.4 Å². The molecule has 1 N–H and O–H groups in total. The van der Waals surface area contributed by atoms with Crippen LogP contribution in [0.5, 0.6) is 0 Å². The second-order valence-electron chi connectivity index (χ2n) is 6.47. The Kier molecular flexibility index (Phi) is 4.83. The number of carbonyl (C=O) groups excluding carboxylic acids is 2. The van der Waals surface area contributed by atoms with Gasteiger partial charge in [0.2, 0.25) is 11.8 Å². The predicted molar refractivity (Wildman–Crippen MR) is 94.6 cm³/mol. The summed E-state index contributed by atoms with van der Waals surface area (Å²) in [4.78, 5) is 26.6. The lowest BCUT2D eigenvalue weighted by Crippen LogP contribution is -2.36. The molecule has 3 rings (SSSR count). The molecule has 1 aliphatic heterocycles. The van der Waals surface area contributed by atoms with Crippen molar-refractivity contribution in [1.29, 1.82) is 0 Å². The first-order valence-corrected chi connectivity index (χ1v) is 8.36. The quantitative estimate of drug-likeness (QED) is 0.870. The molecule has 1 saturated heterocycles. The summed E-state index contributed by atoms with van der Waals surface area (Å²) in [7, 11) is 0. The van der Waals surface area contributed by atoms with E-state index in [1.165, 1.54) is 12.1 Å². The van der Waals surface area contributed by atoms with E-state index in [0.717, 1.165) is 11.1 Å². The largest absolute Gasteiger partial charge is 0.351 e. The Morgan fingerprint density at radius 2 is 2.04 bits per heavy atom. The fourth-order valence-electron chi connectivity index (χ4n) is 3.22. The lowest BCUT2D eigenvalue weighted by atomic mass is 10.1. The molecule has 0 aliphatic carbocycles. The fourth-order valence-corrected chi connectivity index (χ4v) is 3.22. The van der Waals surface area contributed by atoms with E-state index >= 15 is 0 Å². The summed E-state index contributed by atoms with van der Waals surface area (Å²) in [6.45, 7) is 4.62. The highest BCUT2D eigenvalue weighted by Gasteiger charge is 2.37. The molecule has 5 heteroatoms. The zero-order valence-electron chi connectivity index (χ0n) is 14.4. The highest BCUT2D eigenvalue weighted by molar-refractivity contribution is 6.09. The number of anilines is 1. The van der Waals surface area contributed by atoms with E-state index in [-0.39, 0.29) is 17.6 Å². The van der Waals surface area contributed by atoms with Crippen molar-refractivity contribution in [2.45, 2.75) is 26.8 Å². The van der Waals surface area contributed by atoms with Gasteiger partial charge in [0.25, 0.3) is 0 Å². The number of rotatable bonds is 4. The lowest BCUT2D eigenvalue weighted by molar-refractivity contribution is -0.132. The van der Waals surface area contributed by atoms with E-state index in [4.69, 9.17) is 0 Å². The third kappa shape index (κ3) is 3.71. The van der Waals surface area contributed by atoms with E-state index < -0.39 is 5.92 Å². The molecule has 2 amide bonds. The zero-order chi connectivity index (χ0) is 18.0. The van der Waals surface area contributed by atoms with Crippen LogP contribution in [0.25, 0.3) is 0 Å². The summed E-state index contributed by atoms with van der Waals surface area (Å²) in [5.74, 6) is -1.50. The van der Waals surface area contributed by atoms with Crippen molar-refractivity contribution in [2.75, 3.05) is 11.4 Å². The number of hydrogen-bond acceptors (Lipinski definition) is 2. The van der Waals surface area contributed by atoms with E-state index in [2.05, 4.69) is 5.32 Å². The van der Waals surface area contributed by atoms with Gasteiger partial charge in [0.15, 0.2) is 0 Å². The molecule has 1 fully saturated rings. The van der Waals surface area contributed by atoms with Crippen LogP contribution in [-0.2, 0) is 16.1 Å². The minimum atomic E-state index is -0.686. The average Bonchev–Trinajstić information content (AvgIpc) is 2.94. The van der Waals surface area contributed by atoms with Crippen LogP contribution in [0.3, 0.4) is 0 Å². The molecule has 0 saturated carbocycles. The third-order valence-electron chi connectivity index (χ3n) is 4.52. The predicted octanol–water partition coefficient (Wildman–Crippen LogP) is 3.11. The number of nitrogens with one attached hydrogen (secondary N) is 1. The number of carbonyl (C=O) groups is 2. The number of hydrogen-bond donors (Lipinski definition) is 1. The third-order valence-corrected chi connectivity index (χ3v) is 4.52. The Morgan fingerprint density at radius 1 is 1.24 bits per heavy atom. The summed E-state index contributed by atoms with van der Waals surface area (Å²) >= 11 is 0. The summed E-state index contributed by atoms with van der Waals surface area (Å²) in [6, 6.07) is 12.2. The molecule has 1 heterocycles. The van der Waals surface area contributed by atoms with Crippen molar-refractivity contribution >= 4 is 17.5 Å².